The number of hydrogen-bond donors (Lipinski definition) is 1. The zero-order valence-electron chi connectivity index (χ0n) is 10.4. The lowest BCUT2D eigenvalue weighted by Crippen LogP contribution is -1.94. The van der Waals surface area contributed by atoms with Crippen LogP contribution in [0.15, 0.2) is 48.8 Å². The molecule has 0 atom stereocenters. The number of thiophene rings is 1. The summed E-state index contributed by atoms with van der Waals surface area (Å²) in [4.78, 5) is 5.23. The predicted octanol–water partition coefficient (Wildman–Crippen LogP) is 3.33. The summed E-state index contributed by atoms with van der Waals surface area (Å²) in [6, 6.07) is 12.3. The number of ether oxygens (including phenoxy) is 1. The molecule has 0 unspecified atom stereocenters. The van der Waals surface area contributed by atoms with E-state index < -0.39 is 0 Å². The van der Waals surface area contributed by atoms with Crippen molar-refractivity contribution in [1.29, 1.82) is 0 Å². The Balaban J connectivity index is 1.78. The average Bonchev–Trinajstić information content (AvgIpc) is 2.88. The molecule has 96 valence electrons. The first-order valence-electron chi connectivity index (χ1n) is 6.09. The Hall–Kier alpha value is -1.91. The lowest BCUT2D eigenvalue weighted by molar-refractivity contribution is 0.308. The zero-order chi connectivity index (χ0) is 13.1. The maximum Gasteiger partial charge on any atom is 0.138 e. The number of fused-ring (bicyclic) bond motifs is 1. The molecule has 3 rings (SSSR count). The topological polar surface area (TPSA) is 48.1 Å². The molecule has 19 heavy (non-hydrogen) atoms. The second-order valence-electron chi connectivity index (χ2n) is 4.27. The van der Waals surface area contributed by atoms with Crippen LogP contribution in [0, 0.1) is 0 Å². The Morgan fingerprint density at radius 2 is 2.16 bits per heavy atom. The van der Waals surface area contributed by atoms with Crippen molar-refractivity contribution in [3.63, 3.8) is 0 Å². The van der Waals surface area contributed by atoms with Gasteiger partial charge in [-0.2, -0.15) is 0 Å². The maximum absolute atomic E-state index is 5.70. The van der Waals surface area contributed by atoms with E-state index in [1.807, 2.05) is 12.1 Å². The van der Waals surface area contributed by atoms with Crippen molar-refractivity contribution in [3.8, 4) is 5.75 Å². The van der Waals surface area contributed by atoms with Gasteiger partial charge in [-0.25, -0.2) is 0 Å². The Labute approximate surface area is 115 Å². The van der Waals surface area contributed by atoms with Crippen LogP contribution >= 0.6 is 11.3 Å². The highest BCUT2D eigenvalue weighted by atomic mass is 32.1. The quantitative estimate of drug-likeness (QED) is 0.791. The van der Waals surface area contributed by atoms with Crippen molar-refractivity contribution in [3.05, 3.63) is 59.2 Å². The molecule has 4 heteroatoms. The van der Waals surface area contributed by atoms with E-state index in [-0.39, 0.29) is 0 Å². The van der Waals surface area contributed by atoms with E-state index in [1.165, 1.54) is 15.0 Å². The van der Waals surface area contributed by atoms with Gasteiger partial charge in [0.05, 0.1) is 6.20 Å². The molecule has 0 amide bonds. The maximum atomic E-state index is 5.70. The van der Waals surface area contributed by atoms with Crippen LogP contribution < -0.4 is 10.5 Å². The smallest absolute Gasteiger partial charge is 0.138 e. The normalized spacial score (nSPS) is 10.8. The fourth-order valence-electron chi connectivity index (χ4n) is 1.92. The second kappa shape index (κ2) is 5.38. The molecule has 2 heterocycles. The molecule has 0 fully saturated rings. The van der Waals surface area contributed by atoms with Gasteiger partial charge < -0.3 is 10.5 Å². The molecule has 0 aliphatic rings. The van der Waals surface area contributed by atoms with Crippen molar-refractivity contribution < 1.29 is 4.74 Å². The molecule has 3 nitrogen and oxygen atoms in total. The number of aromatic nitrogens is 1. The van der Waals surface area contributed by atoms with Crippen LogP contribution in [0.2, 0.25) is 0 Å². The van der Waals surface area contributed by atoms with E-state index in [0.29, 0.717) is 13.2 Å². The number of hydrogen-bond acceptors (Lipinski definition) is 4. The average molecular weight is 270 g/mol. The largest absolute Gasteiger partial charge is 0.486 e. The first-order valence-corrected chi connectivity index (χ1v) is 6.91. The summed E-state index contributed by atoms with van der Waals surface area (Å²) in [5.41, 5.74) is 6.82. The van der Waals surface area contributed by atoms with Crippen molar-refractivity contribution in [1.82, 2.24) is 4.98 Å². The molecule has 0 saturated heterocycles. The minimum absolute atomic E-state index is 0.572. The Morgan fingerprint density at radius 1 is 1.21 bits per heavy atom. The number of pyridine rings is 1. The van der Waals surface area contributed by atoms with Gasteiger partial charge in [-0.3, -0.25) is 4.98 Å². The third-order valence-corrected chi connectivity index (χ3v) is 3.96. The predicted molar refractivity (Wildman–Crippen MR) is 78.3 cm³/mol. The molecule has 3 aromatic rings. The first kappa shape index (κ1) is 12.1. The van der Waals surface area contributed by atoms with Crippen molar-refractivity contribution in [2.45, 2.75) is 13.2 Å². The van der Waals surface area contributed by atoms with Crippen molar-refractivity contribution >= 4 is 21.4 Å². The van der Waals surface area contributed by atoms with E-state index in [4.69, 9.17) is 10.5 Å². The van der Waals surface area contributed by atoms with Gasteiger partial charge in [-0.1, -0.05) is 12.1 Å². The molecule has 0 saturated carbocycles. The zero-order valence-corrected chi connectivity index (χ0v) is 11.2. The summed E-state index contributed by atoms with van der Waals surface area (Å²) >= 11 is 1.75. The molecule has 0 aliphatic heterocycles. The van der Waals surface area contributed by atoms with Crippen LogP contribution in [0.1, 0.15) is 10.4 Å². The van der Waals surface area contributed by atoms with Gasteiger partial charge in [0.2, 0.25) is 0 Å². The highest BCUT2D eigenvalue weighted by Gasteiger charge is 2.03. The van der Waals surface area contributed by atoms with Gasteiger partial charge in [0, 0.05) is 22.3 Å². The fourth-order valence-corrected chi connectivity index (χ4v) is 2.96. The highest BCUT2D eigenvalue weighted by molar-refractivity contribution is 7.19. The van der Waals surface area contributed by atoms with Gasteiger partial charge in [0.1, 0.15) is 12.4 Å². The minimum Gasteiger partial charge on any atom is -0.486 e. The monoisotopic (exact) mass is 270 g/mol. The van der Waals surface area contributed by atoms with E-state index in [9.17, 15) is 0 Å². The first-order chi connectivity index (χ1) is 9.35. The Bertz CT molecular complexity index is 679. The third kappa shape index (κ3) is 2.75. The van der Waals surface area contributed by atoms with Crippen LogP contribution in [-0.4, -0.2) is 4.98 Å². The summed E-state index contributed by atoms with van der Waals surface area (Å²) < 4.78 is 6.96. The molecule has 2 aromatic heterocycles. The number of nitrogens with zero attached hydrogens (tertiary/aromatic N) is 1. The van der Waals surface area contributed by atoms with E-state index >= 15 is 0 Å². The Morgan fingerprint density at radius 3 is 2.95 bits per heavy atom. The lowest BCUT2D eigenvalue weighted by atomic mass is 10.2. The summed E-state index contributed by atoms with van der Waals surface area (Å²) in [5, 5.41) is 1.24. The van der Waals surface area contributed by atoms with Crippen LogP contribution in [0.3, 0.4) is 0 Å². The third-order valence-electron chi connectivity index (χ3n) is 2.89. The number of benzene rings is 1. The van der Waals surface area contributed by atoms with Gasteiger partial charge in [0.25, 0.3) is 0 Å². The van der Waals surface area contributed by atoms with E-state index in [0.717, 1.165) is 11.3 Å². The summed E-state index contributed by atoms with van der Waals surface area (Å²) in [6.45, 7) is 1.15. The number of rotatable bonds is 4. The van der Waals surface area contributed by atoms with Gasteiger partial charge in [-0.15, -0.1) is 11.3 Å². The van der Waals surface area contributed by atoms with Gasteiger partial charge in [-0.05, 0) is 35.2 Å². The molecule has 1 aromatic carbocycles. The van der Waals surface area contributed by atoms with Gasteiger partial charge in [0.15, 0.2) is 0 Å². The molecule has 0 radical (unpaired) electrons. The van der Waals surface area contributed by atoms with Gasteiger partial charge >= 0.3 is 0 Å². The molecular formula is C15H14N2OS. The van der Waals surface area contributed by atoms with Crippen molar-refractivity contribution in [2.24, 2.45) is 5.73 Å². The van der Waals surface area contributed by atoms with Crippen LogP contribution in [-0.2, 0) is 13.2 Å². The summed E-state index contributed by atoms with van der Waals surface area (Å²) in [6.07, 6.45) is 3.46. The molecule has 0 aliphatic carbocycles. The molecular weight excluding hydrogens is 256 g/mol. The fraction of sp³-hybridized carbons (Fsp3) is 0.133. The Kier molecular flexibility index (Phi) is 3.44. The molecule has 2 N–H and O–H groups in total. The van der Waals surface area contributed by atoms with Crippen molar-refractivity contribution in [2.75, 3.05) is 0 Å². The highest BCUT2D eigenvalue weighted by Crippen LogP contribution is 2.27. The standard InChI is InChI=1S/C15H14N2OS/c16-8-11-3-4-12-7-14(19-15(12)6-11)10-18-13-2-1-5-17-9-13/h1-7,9H,8,10,16H2. The molecule has 0 bridgehead atoms. The molecule has 0 spiro atoms. The minimum atomic E-state index is 0.572. The SMILES string of the molecule is NCc1ccc2cc(COc3cccnc3)sc2c1. The summed E-state index contributed by atoms with van der Waals surface area (Å²) in [5.74, 6) is 0.794. The van der Waals surface area contributed by atoms with E-state index in [2.05, 4.69) is 29.2 Å². The van der Waals surface area contributed by atoms with Crippen LogP contribution in [0.5, 0.6) is 5.75 Å². The van der Waals surface area contributed by atoms with Crippen LogP contribution in [0.25, 0.3) is 10.1 Å². The van der Waals surface area contributed by atoms with Crippen LogP contribution in [0.4, 0.5) is 0 Å². The lowest BCUT2D eigenvalue weighted by Gasteiger charge is -2.02. The summed E-state index contributed by atoms with van der Waals surface area (Å²) in [7, 11) is 0. The van der Waals surface area contributed by atoms with E-state index in [1.54, 1.807) is 23.7 Å². The number of nitrogens with two attached hydrogens (primary N) is 1. The second-order valence-corrected chi connectivity index (χ2v) is 5.43.